The van der Waals surface area contributed by atoms with E-state index in [1.165, 1.54) is 19.8 Å². The summed E-state index contributed by atoms with van der Waals surface area (Å²) in [7, 11) is 0. The number of rotatable bonds is 4. The van der Waals surface area contributed by atoms with Gasteiger partial charge < -0.3 is 15.7 Å². The van der Waals surface area contributed by atoms with Gasteiger partial charge in [0, 0.05) is 6.54 Å². The van der Waals surface area contributed by atoms with E-state index in [4.69, 9.17) is 5.11 Å². The van der Waals surface area contributed by atoms with Crippen molar-refractivity contribution in [1.82, 2.24) is 10.6 Å². The lowest BCUT2D eigenvalue weighted by atomic mass is 9.89. The number of hydrogen-bond acceptors (Lipinski definition) is 2. The fourth-order valence-corrected chi connectivity index (χ4v) is 2.01. The van der Waals surface area contributed by atoms with E-state index in [1.807, 2.05) is 0 Å². The first-order valence-corrected chi connectivity index (χ1v) is 5.70. The maximum atomic E-state index is 11.4. The molecule has 1 aliphatic carbocycles. The van der Waals surface area contributed by atoms with Crippen molar-refractivity contribution in [2.75, 3.05) is 6.54 Å². The Kier molecular flexibility index (Phi) is 4.15. The molecule has 0 spiro atoms. The number of carbonyl (C=O) groups excluding carboxylic acids is 1. The molecule has 0 aromatic heterocycles. The molecule has 0 aliphatic heterocycles. The molecule has 3 N–H and O–H groups in total. The second-order valence-electron chi connectivity index (χ2n) is 4.90. The highest BCUT2D eigenvalue weighted by Gasteiger charge is 2.29. The summed E-state index contributed by atoms with van der Waals surface area (Å²) in [5.74, 6) is -1.03. The third kappa shape index (κ3) is 3.72. The first-order valence-electron chi connectivity index (χ1n) is 5.70. The average molecular weight is 228 g/mol. The third-order valence-corrected chi connectivity index (χ3v) is 3.20. The molecular formula is C11H20N2O3. The van der Waals surface area contributed by atoms with Crippen molar-refractivity contribution in [3.63, 3.8) is 0 Å². The van der Waals surface area contributed by atoms with E-state index >= 15 is 0 Å². The fraction of sp³-hybridized carbons (Fsp3) is 0.818. The van der Waals surface area contributed by atoms with Crippen molar-refractivity contribution < 1.29 is 14.7 Å². The van der Waals surface area contributed by atoms with E-state index in [1.54, 1.807) is 0 Å². The number of hydrogen-bond donors (Lipinski definition) is 3. The van der Waals surface area contributed by atoms with Crippen LogP contribution in [0, 0.1) is 5.41 Å². The highest BCUT2D eigenvalue weighted by molar-refractivity contribution is 5.82. The second-order valence-corrected chi connectivity index (χ2v) is 4.90. The molecular weight excluding hydrogens is 208 g/mol. The van der Waals surface area contributed by atoms with E-state index in [2.05, 4.69) is 17.6 Å². The van der Waals surface area contributed by atoms with Crippen LogP contribution in [0.5, 0.6) is 0 Å². The highest BCUT2D eigenvalue weighted by Crippen LogP contribution is 2.36. The molecule has 0 saturated heterocycles. The van der Waals surface area contributed by atoms with E-state index in [0.717, 1.165) is 12.8 Å². The Bertz CT molecular complexity index is 272. The minimum Gasteiger partial charge on any atom is -0.480 e. The molecule has 5 heteroatoms. The van der Waals surface area contributed by atoms with Gasteiger partial charge in [0.05, 0.1) is 0 Å². The molecule has 2 amide bonds. The van der Waals surface area contributed by atoms with Gasteiger partial charge in [0.25, 0.3) is 0 Å². The largest absolute Gasteiger partial charge is 0.480 e. The van der Waals surface area contributed by atoms with Crippen molar-refractivity contribution in [3.05, 3.63) is 0 Å². The normalized spacial score (nSPS) is 20.1. The molecule has 1 fully saturated rings. The van der Waals surface area contributed by atoms with Crippen LogP contribution in [0.2, 0.25) is 0 Å². The maximum absolute atomic E-state index is 11.4. The number of carbonyl (C=O) groups is 2. The quantitative estimate of drug-likeness (QED) is 0.679. The molecule has 16 heavy (non-hydrogen) atoms. The summed E-state index contributed by atoms with van der Waals surface area (Å²) in [5.41, 5.74) is 0.184. The summed E-state index contributed by atoms with van der Waals surface area (Å²) in [4.78, 5) is 21.9. The Balaban J connectivity index is 2.27. The Labute approximate surface area is 95.6 Å². The Morgan fingerprint density at radius 3 is 2.44 bits per heavy atom. The predicted molar refractivity (Wildman–Crippen MR) is 60.2 cm³/mol. The van der Waals surface area contributed by atoms with Gasteiger partial charge >= 0.3 is 12.0 Å². The maximum Gasteiger partial charge on any atom is 0.325 e. The zero-order valence-corrected chi connectivity index (χ0v) is 9.88. The number of nitrogens with one attached hydrogen (secondary N) is 2. The first-order chi connectivity index (χ1) is 7.43. The van der Waals surface area contributed by atoms with Crippen molar-refractivity contribution in [2.24, 2.45) is 5.41 Å². The van der Waals surface area contributed by atoms with E-state index in [-0.39, 0.29) is 5.41 Å². The summed E-state index contributed by atoms with van der Waals surface area (Å²) in [5, 5.41) is 13.7. The number of urea groups is 1. The third-order valence-electron chi connectivity index (χ3n) is 3.20. The lowest BCUT2D eigenvalue weighted by Gasteiger charge is -2.24. The van der Waals surface area contributed by atoms with Crippen molar-refractivity contribution in [1.29, 1.82) is 0 Å². The first kappa shape index (κ1) is 12.8. The number of amides is 2. The second kappa shape index (κ2) is 5.18. The summed E-state index contributed by atoms with van der Waals surface area (Å²) < 4.78 is 0. The van der Waals surface area contributed by atoms with Gasteiger partial charge in [-0.05, 0) is 25.2 Å². The van der Waals surface area contributed by atoms with Gasteiger partial charge in [-0.25, -0.2) is 4.79 Å². The van der Waals surface area contributed by atoms with Crippen molar-refractivity contribution in [2.45, 2.75) is 45.6 Å². The van der Waals surface area contributed by atoms with Crippen LogP contribution in [0.4, 0.5) is 4.79 Å². The lowest BCUT2D eigenvalue weighted by Crippen LogP contribution is -2.46. The molecule has 1 rings (SSSR count). The fourth-order valence-electron chi connectivity index (χ4n) is 2.01. The minimum absolute atomic E-state index is 0.184. The van der Waals surface area contributed by atoms with Crippen LogP contribution >= 0.6 is 0 Å². The van der Waals surface area contributed by atoms with Gasteiger partial charge in [0.1, 0.15) is 6.04 Å². The average Bonchev–Trinajstić information content (AvgIpc) is 2.63. The van der Waals surface area contributed by atoms with Crippen LogP contribution < -0.4 is 10.6 Å². The van der Waals surface area contributed by atoms with Crippen molar-refractivity contribution in [3.8, 4) is 0 Å². The molecule has 1 atom stereocenters. The SMILES string of the molecule is C[C@@H](NC(=O)NCC1(C)CCCC1)C(=O)O. The zero-order valence-electron chi connectivity index (χ0n) is 9.88. The summed E-state index contributed by atoms with van der Waals surface area (Å²) in [6, 6.07) is -1.25. The molecule has 1 saturated carbocycles. The lowest BCUT2D eigenvalue weighted by molar-refractivity contribution is -0.138. The zero-order chi connectivity index (χ0) is 12.2. The molecule has 1 aliphatic rings. The molecule has 0 radical (unpaired) electrons. The van der Waals surface area contributed by atoms with Crippen LogP contribution in [0.25, 0.3) is 0 Å². The molecule has 0 unspecified atom stereocenters. The molecule has 0 aromatic rings. The molecule has 0 bridgehead atoms. The number of carboxylic acids is 1. The smallest absolute Gasteiger partial charge is 0.325 e. The standard InChI is InChI=1S/C11H20N2O3/c1-8(9(14)15)13-10(16)12-7-11(2)5-3-4-6-11/h8H,3-7H2,1-2H3,(H,14,15)(H2,12,13,16)/t8-/m1/s1. The Hall–Kier alpha value is -1.26. The van der Waals surface area contributed by atoms with E-state index < -0.39 is 18.0 Å². The molecule has 5 nitrogen and oxygen atoms in total. The van der Waals surface area contributed by atoms with Crippen LogP contribution in [0.3, 0.4) is 0 Å². The summed E-state index contributed by atoms with van der Waals surface area (Å²) >= 11 is 0. The Morgan fingerprint density at radius 1 is 1.38 bits per heavy atom. The van der Waals surface area contributed by atoms with Crippen LogP contribution in [-0.4, -0.2) is 29.7 Å². The monoisotopic (exact) mass is 228 g/mol. The van der Waals surface area contributed by atoms with Crippen LogP contribution in [-0.2, 0) is 4.79 Å². The number of aliphatic carboxylic acids is 1. The van der Waals surface area contributed by atoms with Gasteiger partial charge in [-0.1, -0.05) is 19.8 Å². The Morgan fingerprint density at radius 2 is 1.94 bits per heavy atom. The number of carboxylic acid groups (broad SMARTS) is 1. The van der Waals surface area contributed by atoms with E-state index in [0.29, 0.717) is 6.54 Å². The van der Waals surface area contributed by atoms with Gasteiger partial charge in [0.2, 0.25) is 0 Å². The molecule has 92 valence electrons. The molecule has 0 aromatic carbocycles. The topological polar surface area (TPSA) is 78.4 Å². The minimum atomic E-state index is -1.03. The predicted octanol–water partition coefficient (Wildman–Crippen LogP) is 1.34. The summed E-state index contributed by atoms with van der Waals surface area (Å²) in [6.07, 6.45) is 4.68. The molecule has 0 heterocycles. The van der Waals surface area contributed by atoms with Gasteiger partial charge in [0.15, 0.2) is 0 Å². The van der Waals surface area contributed by atoms with Gasteiger partial charge in [-0.3, -0.25) is 4.79 Å². The van der Waals surface area contributed by atoms with Crippen LogP contribution in [0.1, 0.15) is 39.5 Å². The van der Waals surface area contributed by atoms with Crippen molar-refractivity contribution >= 4 is 12.0 Å². The van der Waals surface area contributed by atoms with Gasteiger partial charge in [-0.15, -0.1) is 0 Å². The van der Waals surface area contributed by atoms with Gasteiger partial charge in [-0.2, -0.15) is 0 Å². The summed E-state index contributed by atoms with van der Waals surface area (Å²) in [6.45, 7) is 4.21. The highest BCUT2D eigenvalue weighted by atomic mass is 16.4. The van der Waals surface area contributed by atoms with Crippen LogP contribution in [0.15, 0.2) is 0 Å². The van der Waals surface area contributed by atoms with E-state index in [9.17, 15) is 9.59 Å².